The molecule has 0 spiro atoms. The fraction of sp³-hybridized carbons (Fsp3) is 0.500. The third-order valence-corrected chi connectivity index (χ3v) is 5.22. The van der Waals surface area contributed by atoms with E-state index in [-0.39, 0.29) is 36.2 Å². The molecule has 1 aromatic rings. The number of carbonyl (C=O) groups is 3. The Morgan fingerprint density at radius 1 is 1.24 bits per heavy atom. The standard InChI is InChI=1S/C18H21ClN2O4/c1-2-25-18(24)12-7-9-20(10-8-12)15-11-16(22)21(17(15)23)14-5-3-13(19)4-6-14/h3-6,12,15H,2,7-11H2,1H3/p+1/t15-/m0/s1. The number of esters is 1. The summed E-state index contributed by atoms with van der Waals surface area (Å²) >= 11 is 5.87. The van der Waals surface area contributed by atoms with E-state index in [1.807, 2.05) is 0 Å². The highest BCUT2D eigenvalue weighted by Gasteiger charge is 2.47. The molecule has 0 unspecified atom stereocenters. The average Bonchev–Trinajstić information content (AvgIpc) is 2.91. The SMILES string of the molecule is CCOC(=O)C1CC[NH+]([C@H]2CC(=O)N(c3ccc(Cl)cc3)C2=O)CC1. The fourth-order valence-corrected chi connectivity index (χ4v) is 3.77. The van der Waals surface area contributed by atoms with Crippen molar-refractivity contribution in [3.8, 4) is 0 Å². The van der Waals surface area contributed by atoms with Crippen LogP contribution in [0, 0.1) is 5.92 Å². The molecule has 134 valence electrons. The lowest BCUT2D eigenvalue weighted by Crippen LogP contribution is -3.17. The number of halogens is 1. The van der Waals surface area contributed by atoms with Crippen molar-refractivity contribution in [2.75, 3.05) is 24.6 Å². The smallest absolute Gasteiger partial charge is 0.309 e. The maximum atomic E-state index is 12.8. The van der Waals surface area contributed by atoms with Gasteiger partial charge in [0.2, 0.25) is 5.91 Å². The van der Waals surface area contributed by atoms with E-state index in [1.165, 1.54) is 4.90 Å². The lowest BCUT2D eigenvalue weighted by atomic mass is 9.95. The third kappa shape index (κ3) is 3.70. The minimum atomic E-state index is -0.369. The highest BCUT2D eigenvalue weighted by molar-refractivity contribution is 6.30. The van der Waals surface area contributed by atoms with Gasteiger partial charge in [-0.1, -0.05) is 11.6 Å². The van der Waals surface area contributed by atoms with Crippen LogP contribution < -0.4 is 9.80 Å². The van der Waals surface area contributed by atoms with Crippen molar-refractivity contribution < 1.29 is 24.0 Å². The molecule has 2 saturated heterocycles. The first-order chi connectivity index (χ1) is 12.0. The Morgan fingerprint density at radius 2 is 1.88 bits per heavy atom. The van der Waals surface area contributed by atoms with Crippen LogP contribution in [0.25, 0.3) is 0 Å². The Hall–Kier alpha value is -1.92. The van der Waals surface area contributed by atoms with Crippen molar-refractivity contribution in [1.82, 2.24) is 0 Å². The number of nitrogens with zero attached hydrogens (tertiary/aromatic N) is 1. The van der Waals surface area contributed by atoms with Crippen molar-refractivity contribution in [3.05, 3.63) is 29.3 Å². The van der Waals surface area contributed by atoms with Crippen LogP contribution in [0.15, 0.2) is 24.3 Å². The summed E-state index contributed by atoms with van der Waals surface area (Å²) in [5, 5.41) is 0.561. The van der Waals surface area contributed by atoms with Gasteiger partial charge in [0.15, 0.2) is 6.04 Å². The Kier molecular flexibility index (Phi) is 5.39. The van der Waals surface area contributed by atoms with Gasteiger partial charge < -0.3 is 9.64 Å². The van der Waals surface area contributed by atoms with Crippen LogP contribution in [0.2, 0.25) is 5.02 Å². The van der Waals surface area contributed by atoms with E-state index in [1.54, 1.807) is 31.2 Å². The third-order valence-electron chi connectivity index (χ3n) is 4.97. The minimum Gasteiger partial charge on any atom is -0.466 e. The van der Waals surface area contributed by atoms with Gasteiger partial charge in [0.05, 0.1) is 37.7 Å². The molecular formula is C18H22ClN2O4+. The van der Waals surface area contributed by atoms with E-state index in [9.17, 15) is 14.4 Å². The number of likely N-dealkylation sites (tertiary alicyclic amines) is 1. The van der Waals surface area contributed by atoms with E-state index in [2.05, 4.69) is 0 Å². The normalized spacial score (nSPS) is 26.8. The number of nitrogens with one attached hydrogen (secondary N) is 1. The molecule has 3 rings (SSSR count). The molecule has 0 saturated carbocycles. The van der Waals surface area contributed by atoms with Crippen molar-refractivity contribution in [2.45, 2.75) is 32.2 Å². The summed E-state index contributed by atoms with van der Waals surface area (Å²) in [7, 11) is 0. The van der Waals surface area contributed by atoms with E-state index >= 15 is 0 Å². The molecule has 6 nitrogen and oxygen atoms in total. The van der Waals surface area contributed by atoms with E-state index in [0.29, 0.717) is 43.2 Å². The number of hydrogen-bond donors (Lipinski definition) is 1. The number of rotatable bonds is 4. The highest BCUT2D eigenvalue weighted by atomic mass is 35.5. The summed E-state index contributed by atoms with van der Waals surface area (Å²) in [5.74, 6) is -0.601. The van der Waals surface area contributed by atoms with Gasteiger partial charge in [0.25, 0.3) is 5.91 Å². The second-order valence-electron chi connectivity index (χ2n) is 6.49. The second kappa shape index (κ2) is 7.54. The molecule has 25 heavy (non-hydrogen) atoms. The maximum Gasteiger partial charge on any atom is 0.309 e. The van der Waals surface area contributed by atoms with E-state index in [4.69, 9.17) is 16.3 Å². The van der Waals surface area contributed by atoms with E-state index in [0.717, 1.165) is 4.90 Å². The number of ether oxygens (including phenoxy) is 1. The van der Waals surface area contributed by atoms with Crippen LogP contribution in [-0.2, 0) is 19.1 Å². The first-order valence-electron chi connectivity index (χ1n) is 8.64. The average molecular weight is 366 g/mol. The molecule has 2 fully saturated rings. The Labute approximate surface area is 151 Å². The van der Waals surface area contributed by atoms with E-state index < -0.39 is 0 Å². The first kappa shape index (κ1) is 17.9. The van der Waals surface area contributed by atoms with Crippen LogP contribution >= 0.6 is 11.6 Å². The predicted octanol–water partition coefficient (Wildman–Crippen LogP) is 0.830. The van der Waals surface area contributed by atoms with Gasteiger partial charge >= 0.3 is 5.97 Å². The van der Waals surface area contributed by atoms with Crippen LogP contribution in [0.3, 0.4) is 0 Å². The largest absolute Gasteiger partial charge is 0.466 e. The number of imide groups is 1. The molecule has 0 bridgehead atoms. The van der Waals surface area contributed by atoms with Gasteiger partial charge in [-0.3, -0.25) is 14.4 Å². The van der Waals surface area contributed by atoms with Gasteiger partial charge in [0.1, 0.15) is 0 Å². The molecular weight excluding hydrogens is 344 g/mol. The molecule has 0 aromatic heterocycles. The molecule has 2 aliphatic rings. The quantitative estimate of drug-likeness (QED) is 0.634. The number of quaternary nitrogens is 1. The lowest BCUT2D eigenvalue weighted by molar-refractivity contribution is -0.920. The number of piperidine rings is 1. The maximum absolute atomic E-state index is 12.8. The molecule has 2 amide bonds. The van der Waals surface area contributed by atoms with Gasteiger partial charge in [-0.25, -0.2) is 4.90 Å². The van der Waals surface area contributed by atoms with Gasteiger partial charge in [-0.05, 0) is 31.2 Å². The Balaban J connectivity index is 1.65. The molecule has 2 aliphatic heterocycles. The lowest BCUT2D eigenvalue weighted by Gasteiger charge is -2.31. The summed E-state index contributed by atoms with van der Waals surface area (Å²) in [5.41, 5.74) is 0.558. The molecule has 1 N–H and O–H groups in total. The molecule has 1 atom stereocenters. The summed E-state index contributed by atoms with van der Waals surface area (Å²) in [6.07, 6.45) is 1.58. The van der Waals surface area contributed by atoms with Crippen LogP contribution in [-0.4, -0.2) is 43.5 Å². The number of anilines is 1. The topological polar surface area (TPSA) is 68.1 Å². The van der Waals surface area contributed by atoms with Crippen molar-refractivity contribution in [2.24, 2.45) is 5.92 Å². The molecule has 0 aliphatic carbocycles. The van der Waals surface area contributed by atoms with Gasteiger partial charge in [-0.2, -0.15) is 0 Å². The summed E-state index contributed by atoms with van der Waals surface area (Å²) < 4.78 is 5.08. The summed E-state index contributed by atoms with van der Waals surface area (Å²) in [6.45, 7) is 3.58. The van der Waals surface area contributed by atoms with Crippen LogP contribution in [0.5, 0.6) is 0 Å². The zero-order chi connectivity index (χ0) is 18.0. The van der Waals surface area contributed by atoms with Crippen molar-refractivity contribution in [1.29, 1.82) is 0 Å². The van der Waals surface area contributed by atoms with Gasteiger partial charge in [-0.15, -0.1) is 0 Å². The number of hydrogen-bond acceptors (Lipinski definition) is 4. The number of carbonyl (C=O) groups excluding carboxylic acids is 3. The first-order valence-corrected chi connectivity index (χ1v) is 9.02. The molecule has 2 heterocycles. The zero-order valence-electron chi connectivity index (χ0n) is 14.2. The second-order valence-corrected chi connectivity index (χ2v) is 6.92. The minimum absolute atomic E-state index is 0.0942. The Bertz CT molecular complexity index is 668. The molecule has 7 heteroatoms. The van der Waals surface area contributed by atoms with Crippen molar-refractivity contribution in [3.63, 3.8) is 0 Å². The van der Waals surface area contributed by atoms with Gasteiger partial charge in [0, 0.05) is 17.9 Å². The van der Waals surface area contributed by atoms with Crippen LogP contribution in [0.1, 0.15) is 26.2 Å². The Morgan fingerprint density at radius 3 is 2.48 bits per heavy atom. The fourth-order valence-electron chi connectivity index (χ4n) is 3.65. The number of amides is 2. The zero-order valence-corrected chi connectivity index (χ0v) is 14.9. The van der Waals surface area contributed by atoms with Crippen molar-refractivity contribution >= 4 is 35.1 Å². The molecule has 1 aromatic carbocycles. The number of benzene rings is 1. The molecule has 0 radical (unpaired) electrons. The van der Waals surface area contributed by atoms with Crippen LogP contribution in [0.4, 0.5) is 5.69 Å². The summed E-state index contributed by atoms with van der Waals surface area (Å²) in [6, 6.07) is 6.34. The predicted molar refractivity (Wildman–Crippen MR) is 92.4 cm³/mol. The highest BCUT2D eigenvalue weighted by Crippen LogP contribution is 2.24. The monoisotopic (exact) mass is 365 g/mol. The summed E-state index contributed by atoms with van der Waals surface area (Å²) in [4.78, 5) is 39.3.